The predicted molar refractivity (Wildman–Crippen MR) is 131 cm³/mol. The number of fused-ring (bicyclic) bond motifs is 1. The Balaban J connectivity index is 1.41. The Kier molecular flexibility index (Phi) is 5.75. The molecule has 34 heavy (non-hydrogen) atoms. The number of hydrogen-bond donors (Lipinski definition) is 2. The van der Waals surface area contributed by atoms with E-state index >= 15 is 0 Å². The Morgan fingerprint density at radius 1 is 1.09 bits per heavy atom. The number of pyridine rings is 1. The van der Waals surface area contributed by atoms with E-state index in [0.717, 1.165) is 43.6 Å². The number of hydrogen-bond acceptors (Lipinski definition) is 8. The zero-order chi connectivity index (χ0) is 23.5. The fourth-order valence-corrected chi connectivity index (χ4v) is 4.27. The van der Waals surface area contributed by atoms with Gasteiger partial charge < -0.3 is 15.0 Å². The molecule has 0 aliphatic carbocycles. The molecule has 1 aliphatic heterocycles. The highest BCUT2D eigenvalue weighted by molar-refractivity contribution is 5.90. The van der Waals surface area contributed by atoms with Gasteiger partial charge in [-0.3, -0.25) is 4.79 Å². The van der Waals surface area contributed by atoms with E-state index in [-0.39, 0.29) is 11.0 Å². The van der Waals surface area contributed by atoms with Gasteiger partial charge in [-0.1, -0.05) is 37.3 Å². The lowest BCUT2D eigenvalue weighted by molar-refractivity contribution is -0.109. The van der Waals surface area contributed by atoms with Crippen LogP contribution in [0.25, 0.3) is 22.3 Å². The number of benzene rings is 1. The number of anilines is 3. The van der Waals surface area contributed by atoms with Gasteiger partial charge in [-0.2, -0.15) is 5.10 Å². The minimum absolute atomic E-state index is 0.0756. The van der Waals surface area contributed by atoms with Crippen LogP contribution in [-0.2, 0) is 4.79 Å². The van der Waals surface area contributed by atoms with E-state index in [1.54, 1.807) is 6.20 Å². The third-order valence-corrected chi connectivity index (χ3v) is 6.43. The SMILES string of the molecule is CC1(CC=O)CCN(c2ccc(Nc3nc(-c4ccccc4)nc4cn[nH]c(=O)c34)cn2)CC1. The average molecular weight is 456 g/mol. The molecule has 0 atom stereocenters. The number of aldehydes is 1. The van der Waals surface area contributed by atoms with Crippen molar-refractivity contribution in [1.29, 1.82) is 0 Å². The monoisotopic (exact) mass is 455 g/mol. The van der Waals surface area contributed by atoms with Gasteiger partial charge in [0.1, 0.15) is 28.8 Å². The Labute approximate surface area is 196 Å². The number of nitrogens with one attached hydrogen (secondary N) is 2. The highest BCUT2D eigenvalue weighted by Crippen LogP contribution is 2.35. The molecule has 172 valence electrons. The van der Waals surface area contributed by atoms with Crippen molar-refractivity contribution < 1.29 is 4.79 Å². The lowest BCUT2D eigenvalue weighted by atomic mass is 9.78. The van der Waals surface area contributed by atoms with Crippen LogP contribution in [0.3, 0.4) is 0 Å². The Morgan fingerprint density at radius 2 is 1.88 bits per heavy atom. The van der Waals surface area contributed by atoms with Gasteiger partial charge in [-0.05, 0) is 30.4 Å². The summed E-state index contributed by atoms with van der Waals surface area (Å²) in [6.07, 6.45) is 6.80. The quantitative estimate of drug-likeness (QED) is 0.423. The average Bonchev–Trinajstić information content (AvgIpc) is 2.85. The number of aromatic nitrogens is 5. The molecule has 5 rings (SSSR count). The first-order valence-corrected chi connectivity index (χ1v) is 11.3. The second-order valence-electron chi connectivity index (χ2n) is 8.92. The van der Waals surface area contributed by atoms with Crippen molar-refractivity contribution in [2.24, 2.45) is 5.41 Å². The summed E-state index contributed by atoms with van der Waals surface area (Å²) < 4.78 is 0. The third kappa shape index (κ3) is 4.36. The Bertz CT molecular complexity index is 1360. The molecule has 1 aliphatic rings. The lowest BCUT2D eigenvalue weighted by Gasteiger charge is -2.39. The summed E-state index contributed by atoms with van der Waals surface area (Å²) in [7, 11) is 0. The summed E-state index contributed by atoms with van der Waals surface area (Å²) in [5.41, 5.74) is 1.72. The minimum atomic E-state index is -0.365. The zero-order valence-corrected chi connectivity index (χ0v) is 18.9. The van der Waals surface area contributed by atoms with Crippen molar-refractivity contribution in [2.45, 2.75) is 26.2 Å². The van der Waals surface area contributed by atoms with Gasteiger partial charge in [0, 0.05) is 25.1 Å². The predicted octanol–water partition coefficient (Wildman–Crippen LogP) is 3.71. The molecule has 0 radical (unpaired) electrons. The van der Waals surface area contributed by atoms with Crippen LogP contribution in [0.2, 0.25) is 0 Å². The fraction of sp³-hybridized carbons (Fsp3) is 0.280. The highest BCUT2D eigenvalue weighted by atomic mass is 16.1. The summed E-state index contributed by atoms with van der Waals surface area (Å²) in [4.78, 5) is 39.5. The number of carbonyl (C=O) groups excluding carboxylic acids is 1. The number of carbonyl (C=O) groups is 1. The van der Waals surface area contributed by atoms with Crippen molar-refractivity contribution in [2.75, 3.05) is 23.3 Å². The van der Waals surface area contributed by atoms with Crippen LogP contribution in [-0.4, -0.2) is 44.5 Å². The van der Waals surface area contributed by atoms with Crippen molar-refractivity contribution in [3.63, 3.8) is 0 Å². The van der Waals surface area contributed by atoms with E-state index in [2.05, 4.69) is 42.3 Å². The second-order valence-corrected chi connectivity index (χ2v) is 8.92. The molecule has 3 aromatic heterocycles. The third-order valence-electron chi connectivity index (χ3n) is 6.43. The molecular weight excluding hydrogens is 430 g/mol. The molecular formula is C25H25N7O2. The molecule has 1 aromatic carbocycles. The van der Waals surface area contributed by atoms with Crippen LogP contribution in [0.5, 0.6) is 0 Å². The van der Waals surface area contributed by atoms with Gasteiger partial charge in [0.05, 0.1) is 18.1 Å². The molecule has 9 nitrogen and oxygen atoms in total. The van der Waals surface area contributed by atoms with Crippen LogP contribution < -0.4 is 15.8 Å². The molecule has 1 fully saturated rings. The second kappa shape index (κ2) is 9.01. The van der Waals surface area contributed by atoms with E-state index in [0.29, 0.717) is 34.7 Å². The highest BCUT2D eigenvalue weighted by Gasteiger charge is 2.30. The summed E-state index contributed by atoms with van der Waals surface area (Å²) in [5.74, 6) is 1.78. The molecule has 9 heteroatoms. The first kappa shape index (κ1) is 21.7. The van der Waals surface area contributed by atoms with Crippen LogP contribution in [0.1, 0.15) is 26.2 Å². The summed E-state index contributed by atoms with van der Waals surface area (Å²) in [6, 6.07) is 13.5. The van der Waals surface area contributed by atoms with Gasteiger partial charge in [0.2, 0.25) is 0 Å². The van der Waals surface area contributed by atoms with Gasteiger partial charge >= 0.3 is 0 Å². The molecule has 4 aromatic rings. The first-order valence-electron chi connectivity index (χ1n) is 11.3. The van der Waals surface area contributed by atoms with E-state index in [4.69, 9.17) is 0 Å². The molecule has 0 saturated carbocycles. The van der Waals surface area contributed by atoms with Crippen molar-refractivity contribution in [3.05, 3.63) is 65.2 Å². The molecule has 0 spiro atoms. The van der Waals surface area contributed by atoms with E-state index in [9.17, 15) is 9.59 Å². The number of piperidine rings is 1. The van der Waals surface area contributed by atoms with Crippen molar-refractivity contribution in [1.82, 2.24) is 25.1 Å². The topological polar surface area (TPSA) is 117 Å². The van der Waals surface area contributed by atoms with Gasteiger partial charge in [-0.15, -0.1) is 0 Å². The molecule has 2 N–H and O–H groups in total. The maximum atomic E-state index is 12.5. The number of rotatable bonds is 6. The molecule has 4 heterocycles. The Morgan fingerprint density at radius 3 is 2.59 bits per heavy atom. The largest absolute Gasteiger partial charge is 0.357 e. The van der Waals surface area contributed by atoms with Crippen molar-refractivity contribution >= 4 is 34.5 Å². The molecule has 0 bridgehead atoms. The number of aromatic amines is 1. The van der Waals surface area contributed by atoms with Crippen molar-refractivity contribution in [3.8, 4) is 11.4 Å². The first-order chi connectivity index (χ1) is 16.5. The summed E-state index contributed by atoms with van der Waals surface area (Å²) in [5, 5.41) is 9.92. The summed E-state index contributed by atoms with van der Waals surface area (Å²) in [6.45, 7) is 3.90. The molecule has 1 saturated heterocycles. The summed E-state index contributed by atoms with van der Waals surface area (Å²) >= 11 is 0. The number of H-pyrrole nitrogens is 1. The fourth-order valence-electron chi connectivity index (χ4n) is 4.27. The molecule has 0 amide bonds. The van der Waals surface area contributed by atoms with E-state index in [1.807, 2.05) is 42.5 Å². The minimum Gasteiger partial charge on any atom is -0.357 e. The Hall–Kier alpha value is -4.14. The van der Waals surface area contributed by atoms with Crippen LogP contribution in [0.4, 0.5) is 17.3 Å². The zero-order valence-electron chi connectivity index (χ0n) is 18.9. The van der Waals surface area contributed by atoms with Crippen LogP contribution in [0, 0.1) is 5.41 Å². The van der Waals surface area contributed by atoms with Gasteiger partial charge in [0.15, 0.2) is 5.82 Å². The maximum absolute atomic E-state index is 12.5. The maximum Gasteiger partial charge on any atom is 0.277 e. The molecule has 0 unspecified atom stereocenters. The van der Waals surface area contributed by atoms with Crippen LogP contribution in [0.15, 0.2) is 59.7 Å². The lowest BCUT2D eigenvalue weighted by Crippen LogP contribution is -2.39. The standard InChI is InChI=1S/C25H25N7O2/c1-25(11-14-33)9-12-32(13-10-25)20-8-7-18(15-26-20)28-23-21-19(16-27-31-24(21)34)29-22(30-23)17-5-3-2-4-6-17/h2-8,14-16H,9-13H2,1H3,(H,31,34)(H,28,29,30). The number of nitrogens with zero attached hydrogens (tertiary/aromatic N) is 5. The smallest absolute Gasteiger partial charge is 0.277 e. The van der Waals surface area contributed by atoms with E-state index < -0.39 is 0 Å². The normalized spacial score (nSPS) is 15.3. The van der Waals surface area contributed by atoms with E-state index in [1.165, 1.54) is 6.20 Å². The van der Waals surface area contributed by atoms with Crippen LogP contribution >= 0.6 is 0 Å². The van der Waals surface area contributed by atoms with Gasteiger partial charge in [0.25, 0.3) is 5.56 Å². The van der Waals surface area contributed by atoms with Gasteiger partial charge in [-0.25, -0.2) is 20.1 Å².